The molecule has 0 aliphatic heterocycles. The quantitative estimate of drug-likeness (QED) is 0.898. The summed E-state index contributed by atoms with van der Waals surface area (Å²) in [5.74, 6) is 0.0318. The topological polar surface area (TPSA) is 45.2 Å². The first kappa shape index (κ1) is 13.0. The Balaban J connectivity index is 2.70. The highest BCUT2D eigenvalue weighted by molar-refractivity contribution is 9.10. The number of hydrogen-bond donors (Lipinski definition) is 1. The summed E-state index contributed by atoms with van der Waals surface area (Å²) >= 11 is 3.37. The standard InChI is InChI=1S/C11H16BrN3O/c1-3-14-11(16)8-15(4-2)10-5-9(12)6-13-7-10/h5-7H,3-4,8H2,1-2H3,(H,14,16). The van der Waals surface area contributed by atoms with E-state index in [9.17, 15) is 4.79 Å². The van der Waals surface area contributed by atoms with Crippen LogP contribution in [-0.2, 0) is 4.79 Å². The molecule has 0 saturated heterocycles. The van der Waals surface area contributed by atoms with Gasteiger partial charge in [-0.25, -0.2) is 0 Å². The van der Waals surface area contributed by atoms with E-state index < -0.39 is 0 Å². The van der Waals surface area contributed by atoms with Crippen molar-refractivity contribution in [3.8, 4) is 0 Å². The molecule has 16 heavy (non-hydrogen) atoms. The molecule has 1 heterocycles. The molecule has 1 rings (SSSR count). The Morgan fingerprint density at radius 1 is 1.50 bits per heavy atom. The van der Waals surface area contributed by atoms with E-state index in [1.165, 1.54) is 0 Å². The number of amides is 1. The molecular formula is C11H16BrN3O. The van der Waals surface area contributed by atoms with Crippen molar-refractivity contribution in [1.82, 2.24) is 10.3 Å². The van der Waals surface area contributed by atoms with E-state index in [1.54, 1.807) is 12.4 Å². The highest BCUT2D eigenvalue weighted by Gasteiger charge is 2.09. The zero-order valence-corrected chi connectivity index (χ0v) is 11.1. The molecule has 0 spiro atoms. The second-order valence-corrected chi connectivity index (χ2v) is 4.24. The largest absolute Gasteiger partial charge is 0.361 e. The third-order valence-electron chi connectivity index (χ3n) is 2.15. The number of aromatic nitrogens is 1. The molecule has 1 N–H and O–H groups in total. The molecule has 0 aromatic carbocycles. The van der Waals surface area contributed by atoms with Crippen LogP contribution in [0.1, 0.15) is 13.8 Å². The Bertz CT molecular complexity index is 357. The fourth-order valence-corrected chi connectivity index (χ4v) is 1.74. The van der Waals surface area contributed by atoms with Crippen LogP contribution in [0, 0.1) is 0 Å². The molecule has 0 aliphatic rings. The third-order valence-corrected chi connectivity index (χ3v) is 2.58. The van der Waals surface area contributed by atoms with Crippen LogP contribution in [0.15, 0.2) is 22.9 Å². The van der Waals surface area contributed by atoms with Gasteiger partial charge in [-0.1, -0.05) is 0 Å². The zero-order chi connectivity index (χ0) is 12.0. The van der Waals surface area contributed by atoms with Gasteiger partial charge in [0.2, 0.25) is 5.91 Å². The fraction of sp³-hybridized carbons (Fsp3) is 0.455. The van der Waals surface area contributed by atoms with Gasteiger partial charge in [0, 0.05) is 23.8 Å². The number of anilines is 1. The van der Waals surface area contributed by atoms with Gasteiger partial charge < -0.3 is 10.2 Å². The molecule has 0 atom stereocenters. The number of carbonyl (C=O) groups excluding carboxylic acids is 1. The first-order valence-electron chi connectivity index (χ1n) is 5.29. The summed E-state index contributed by atoms with van der Waals surface area (Å²) in [5.41, 5.74) is 0.947. The molecule has 0 bridgehead atoms. The maximum Gasteiger partial charge on any atom is 0.239 e. The molecule has 0 saturated carbocycles. The number of nitrogens with one attached hydrogen (secondary N) is 1. The smallest absolute Gasteiger partial charge is 0.239 e. The second kappa shape index (κ2) is 6.48. The van der Waals surface area contributed by atoms with Crippen LogP contribution in [0.3, 0.4) is 0 Å². The molecule has 5 heteroatoms. The Morgan fingerprint density at radius 3 is 2.81 bits per heavy atom. The number of nitrogens with zero attached hydrogens (tertiary/aromatic N) is 2. The van der Waals surface area contributed by atoms with Crippen molar-refractivity contribution in [2.75, 3.05) is 24.5 Å². The number of halogens is 1. The molecular weight excluding hydrogens is 270 g/mol. The van der Waals surface area contributed by atoms with Crippen LogP contribution in [0.5, 0.6) is 0 Å². The van der Waals surface area contributed by atoms with E-state index in [1.807, 2.05) is 24.8 Å². The summed E-state index contributed by atoms with van der Waals surface area (Å²) in [6.07, 6.45) is 3.48. The Morgan fingerprint density at radius 2 is 2.25 bits per heavy atom. The Kier molecular flexibility index (Phi) is 5.25. The first-order chi connectivity index (χ1) is 7.67. The summed E-state index contributed by atoms with van der Waals surface area (Å²) in [5, 5.41) is 2.78. The van der Waals surface area contributed by atoms with Crippen molar-refractivity contribution in [3.05, 3.63) is 22.9 Å². The fourth-order valence-electron chi connectivity index (χ4n) is 1.39. The summed E-state index contributed by atoms with van der Waals surface area (Å²) < 4.78 is 0.916. The van der Waals surface area contributed by atoms with Gasteiger partial charge in [-0.2, -0.15) is 0 Å². The van der Waals surface area contributed by atoms with Gasteiger partial charge in [-0.3, -0.25) is 9.78 Å². The van der Waals surface area contributed by atoms with E-state index >= 15 is 0 Å². The number of likely N-dealkylation sites (N-methyl/N-ethyl adjacent to an activating group) is 2. The van der Waals surface area contributed by atoms with Crippen molar-refractivity contribution in [2.45, 2.75) is 13.8 Å². The normalized spacial score (nSPS) is 9.94. The van der Waals surface area contributed by atoms with Gasteiger partial charge in [0.1, 0.15) is 0 Å². The average molecular weight is 286 g/mol. The predicted molar refractivity (Wildman–Crippen MR) is 68.5 cm³/mol. The zero-order valence-electron chi connectivity index (χ0n) is 9.53. The van der Waals surface area contributed by atoms with E-state index in [2.05, 4.69) is 26.2 Å². The molecule has 0 radical (unpaired) electrons. The lowest BCUT2D eigenvalue weighted by atomic mass is 10.3. The lowest BCUT2D eigenvalue weighted by Gasteiger charge is -2.22. The molecule has 0 aliphatic carbocycles. The summed E-state index contributed by atoms with van der Waals surface area (Å²) in [7, 11) is 0. The van der Waals surface area contributed by atoms with E-state index in [0.717, 1.165) is 16.7 Å². The van der Waals surface area contributed by atoms with Crippen LogP contribution >= 0.6 is 15.9 Å². The number of pyridine rings is 1. The van der Waals surface area contributed by atoms with Crippen LogP contribution in [0.2, 0.25) is 0 Å². The van der Waals surface area contributed by atoms with E-state index in [4.69, 9.17) is 0 Å². The van der Waals surface area contributed by atoms with Crippen LogP contribution in [-0.4, -0.2) is 30.5 Å². The Labute approximate surface area is 104 Å². The second-order valence-electron chi connectivity index (χ2n) is 3.33. The van der Waals surface area contributed by atoms with Gasteiger partial charge in [0.05, 0.1) is 18.4 Å². The van der Waals surface area contributed by atoms with Gasteiger partial charge in [-0.05, 0) is 35.8 Å². The van der Waals surface area contributed by atoms with Crippen LogP contribution in [0.4, 0.5) is 5.69 Å². The molecule has 4 nitrogen and oxygen atoms in total. The van der Waals surface area contributed by atoms with Crippen molar-refractivity contribution in [2.24, 2.45) is 0 Å². The summed E-state index contributed by atoms with van der Waals surface area (Å²) in [6, 6.07) is 1.95. The SMILES string of the molecule is CCNC(=O)CN(CC)c1cncc(Br)c1. The van der Waals surface area contributed by atoms with E-state index in [0.29, 0.717) is 13.1 Å². The number of carbonyl (C=O) groups is 1. The minimum absolute atomic E-state index is 0.0318. The molecule has 1 aromatic heterocycles. The van der Waals surface area contributed by atoms with Gasteiger partial charge >= 0.3 is 0 Å². The summed E-state index contributed by atoms with van der Waals surface area (Å²) in [4.78, 5) is 17.5. The molecule has 0 fully saturated rings. The van der Waals surface area contributed by atoms with Crippen molar-refractivity contribution < 1.29 is 4.79 Å². The first-order valence-corrected chi connectivity index (χ1v) is 6.08. The molecule has 1 aromatic rings. The van der Waals surface area contributed by atoms with Crippen molar-refractivity contribution in [1.29, 1.82) is 0 Å². The van der Waals surface area contributed by atoms with Gasteiger partial charge in [0.25, 0.3) is 0 Å². The highest BCUT2D eigenvalue weighted by Crippen LogP contribution is 2.17. The van der Waals surface area contributed by atoms with Crippen LogP contribution < -0.4 is 10.2 Å². The minimum Gasteiger partial charge on any atom is -0.361 e. The van der Waals surface area contributed by atoms with Gasteiger partial charge in [0.15, 0.2) is 0 Å². The predicted octanol–water partition coefficient (Wildman–Crippen LogP) is 1.81. The average Bonchev–Trinajstić information content (AvgIpc) is 2.26. The number of rotatable bonds is 5. The number of hydrogen-bond acceptors (Lipinski definition) is 3. The van der Waals surface area contributed by atoms with Crippen molar-refractivity contribution in [3.63, 3.8) is 0 Å². The Hall–Kier alpha value is -1.10. The van der Waals surface area contributed by atoms with Gasteiger partial charge in [-0.15, -0.1) is 0 Å². The molecule has 88 valence electrons. The maximum absolute atomic E-state index is 11.5. The monoisotopic (exact) mass is 285 g/mol. The van der Waals surface area contributed by atoms with Crippen molar-refractivity contribution >= 4 is 27.5 Å². The summed E-state index contributed by atoms with van der Waals surface area (Å²) in [6.45, 7) is 5.72. The third kappa shape index (κ3) is 3.81. The van der Waals surface area contributed by atoms with Crippen LogP contribution in [0.25, 0.3) is 0 Å². The minimum atomic E-state index is 0.0318. The highest BCUT2D eigenvalue weighted by atomic mass is 79.9. The lowest BCUT2D eigenvalue weighted by Crippen LogP contribution is -2.37. The van der Waals surface area contributed by atoms with E-state index in [-0.39, 0.29) is 5.91 Å². The molecule has 1 amide bonds. The molecule has 0 unspecified atom stereocenters. The maximum atomic E-state index is 11.5. The lowest BCUT2D eigenvalue weighted by molar-refractivity contribution is -0.119.